The maximum atomic E-state index is 11.9. The van der Waals surface area contributed by atoms with Crippen LogP contribution >= 0.6 is 0 Å². The van der Waals surface area contributed by atoms with Crippen LogP contribution in [-0.4, -0.2) is 24.0 Å². The first kappa shape index (κ1) is 14.3. The van der Waals surface area contributed by atoms with Gasteiger partial charge in [0, 0.05) is 6.54 Å². The van der Waals surface area contributed by atoms with E-state index in [-0.39, 0.29) is 18.7 Å². The molecule has 18 heavy (non-hydrogen) atoms. The average molecular weight is 263 g/mol. The van der Waals surface area contributed by atoms with E-state index >= 15 is 0 Å². The van der Waals surface area contributed by atoms with E-state index in [9.17, 15) is 18.0 Å². The highest BCUT2D eigenvalue weighted by Gasteiger charge is 2.31. The molecule has 0 amide bonds. The fraction of sp³-hybridized carbons (Fsp3) is 0.364. The fourth-order valence-corrected chi connectivity index (χ4v) is 1.38. The van der Waals surface area contributed by atoms with Gasteiger partial charge in [0.05, 0.1) is 5.92 Å². The molecule has 1 atom stereocenters. The van der Waals surface area contributed by atoms with Gasteiger partial charge in [-0.2, -0.15) is 0 Å². The molecule has 0 bridgehead atoms. The predicted molar refractivity (Wildman–Crippen MR) is 57.0 cm³/mol. The largest absolute Gasteiger partial charge is 0.573 e. The van der Waals surface area contributed by atoms with Crippen LogP contribution in [0.15, 0.2) is 24.3 Å². The SMILES string of the molecule is NCC(Cc1ccc(OC(F)(F)F)cc1)C(=O)O. The minimum absolute atomic E-state index is 0.0316. The van der Waals surface area contributed by atoms with E-state index in [1.807, 2.05) is 0 Å². The van der Waals surface area contributed by atoms with Crippen LogP contribution in [0.1, 0.15) is 5.56 Å². The minimum Gasteiger partial charge on any atom is -0.481 e. The summed E-state index contributed by atoms with van der Waals surface area (Å²) < 4.78 is 39.4. The second kappa shape index (κ2) is 5.72. The lowest BCUT2D eigenvalue weighted by Gasteiger charge is -2.11. The zero-order chi connectivity index (χ0) is 13.8. The predicted octanol–water partition coefficient (Wildman–Crippen LogP) is 1.79. The van der Waals surface area contributed by atoms with Crippen LogP contribution in [0, 0.1) is 5.92 Å². The van der Waals surface area contributed by atoms with E-state index in [2.05, 4.69) is 4.74 Å². The van der Waals surface area contributed by atoms with E-state index in [0.29, 0.717) is 5.56 Å². The van der Waals surface area contributed by atoms with Gasteiger partial charge in [0.1, 0.15) is 5.75 Å². The highest BCUT2D eigenvalue weighted by atomic mass is 19.4. The summed E-state index contributed by atoms with van der Waals surface area (Å²) in [6, 6.07) is 5.04. The van der Waals surface area contributed by atoms with Crippen molar-refractivity contribution >= 4 is 5.97 Å². The van der Waals surface area contributed by atoms with Gasteiger partial charge in [-0.3, -0.25) is 4.79 Å². The molecule has 1 aromatic carbocycles. The summed E-state index contributed by atoms with van der Waals surface area (Å²) in [6.45, 7) is -0.0316. The van der Waals surface area contributed by atoms with Crippen LogP contribution in [0.5, 0.6) is 5.75 Å². The molecule has 0 aliphatic heterocycles. The highest BCUT2D eigenvalue weighted by Crippen LogP contribution is 2.23. The van der Waals surface area contributed by atoms with Gasteiger partial charge < -0.3 is 15.6 Å². The number of rotatable bonds is 5. The molecule has 3 N–H and O–H groups in total. The van der Waals surface area contributed by atoms with Crippen molar-refractivity contribution < 1.29 is 27.8 Å². The molecule has 0 fully saturated rings. The van der Waals surface area contributed by atoms with Crippen molar-refractivity contribution in [1.29, 1.82) is 0 Å². The number of hydrogen-bond donors (Lipinski definition) is 2. The number of nitrogens with two attached hydrogens (primary N) is 1. The lowest BCUT2D eigenvalue weighted by Crippen LogP contribution is -2.25. The molecule has 0 saturated carbocycles. The van der Waals surface area contributed by atoms with E-state index in [4.69, 9.17) is 10.8 Å². The zero-order valence-corrected chi connectivity index (χ0v) is 9.28. The normalized spacial score (nSPS) is 13.1. The second-order valence-electron chi connectivity index (χ2n) is 3.67. The fourth-order valence-electron chi connectivity index (χ4n) is 1.38. The van der Waals surface area contributed by atoms with Crippen LogP contribution in [0.3, 0.4) is 0 Å². The van der Waals surface area contributed by atoms with Gasteiger partial charge in [0.15, 0.2) is 0 Å². The molecule has 0 spiro atoms. The van der Waals surface area contributed by atoms with Crippen molar-refractivity contribution in [2.75, 3.05) is 6.54 Å². The summed E-state index contributed by atoms with van der Waals surface area (Å²) in [6.07, 6.45) is -4.57. The molecule has 100 valence electrons. The van der Waals surface area contributed by atoms with Gasteiger partial charge in [0.2, 0.25) is 0 Å². The summed E-state index contributed by atoms with van der Waals surface area (Å²) in [5.74, 6) is -2.13. The lowest BCUT2D eigenvalue weighted by molar-refractivity contribution is -0.274. The summed E-state index contributed by atoms with van der Waals surface area (Å²) in [4.78, 5) is 10.7. The number of carboxylic acids is 1. The average Bonchev–Trinajstić information content (AvgIpc) is 2.25. The van der Waals surface area contributed by atoms with E-state index in [1.165, 1.54) is 12.1 Å². The molecule has 4 nitrogen and oxygen atoms in total. The summed E-state index contributed by atoms with van der Waals surface area (Å²) in [5.41, 5.74) is 5.87. The maximum Gasteiger partial charge on any atom is 0.573 e. The number of benzene rings is 1. The van der Waals surface area contributed by atoms with Crippen molar-refractivity contribution in [1.82, 2.24) is 0 Å². The third-order valence-corrected chi connectivity index (χ3v) is 2.27. The first-order valence-corrected chi connectivity index (χ1v) is 5.09. The van der Waals surface area contributed by atoms with Gasteiger partial charge in [-0.05, 0) is 24.1 Å². The lowest BCUT2D eigenvalue weighted by atomic mass is 10.00. The van der Waals surface area contributed by atoms with Crippen LogP contribution in [0.2, 0.25) is 0 Å². The number of hydrogen-bond acceptors (Lipinski definition) is 3. The Kier molecular flexibility index (Phi) is 4.55. The number of alkyl halides is 3. The summed E-state index contributed by atoms with van der Waals surface area (Å²) in [5, 5.41) is 8.79. The van der Waals surface area contributed by atoms with Crippen molar-refractivity contribution in [3.63, 3.8) is 0 Å². The van der Waals surface area contributed by atoms with Gasteiger partial charge in [-0.15, -0.1) is 13.2 Å². The highest BCUT2D eigenvalue weighted by molar-refractivity contribution is 5.70. The Balaban J connectivity index is 2.68. The second-order valence-corrected chi connectivity index (χ2v) is 3.67. The molecule has 0 heterocycles. The first-order chi connectivity index (χ1) is 8.31. The Labute approximate surface area is 101 Å². The Bertz CT molecular complexity index is 403. The molecule has 1 unspecified atom stereocenters. The molecule has 0 aromatic heterocycles. The Morgan fingerprint density at radius 3 is 2.28 bits per heavy atom. The molecule has 1 aromatic rings. The van der Waals surface area contributed by atoms with E-state index < -0.39 is 18.2 Å². The Morgan fingerprint density at radius 1 is 1.33 bits per heavy atom. The minimum atomic E-state index is -4.73. The van der Waals surface area contributed by atoms with Gasteiger partial charge in [-0.25, -0.2) is 0 Å². The van der Waals surface area contributed by atoms with Gasteiger partial charge in [0.25, 0.3) is 0 Å². The zero-order valence-electron chi connectivity index (χ0n) is 9.28. The monoisotopic (exact) mass is 263 g/mol. The Hall–Kier alpha value is -1.76. The van der Waals surface area contributed by atoms with Crippen LogP contribution in [0.25, 0.3) is 0 Å². The standard InChI is InChI=1S/C11H12F3NO3/c12-11(13,14)18-9-3-1-7(2-4-9)5-8(6-15)10(16)17/h1-4,8H,5-6,15H2,(H,16,17). The molecular formula is C11H12F3NO3. The number of carboxylic acid groups (broad SMARTS) is 1. The van der Waals surface area contributed by atoms with Crippen LogP contribution in [0.4, 0.5) is 13.2 Å². The van der Waals surface area contributed by atoms with Gasteiger partial charge in [-0.1, -0.05) is 12.1 Å². The number of halogens is 3. The molecule has 7 heteroatoms. The molecule has 0 radical (unpaired) electrons. The molecule has 0 saturated heterocycles. The molecule has 1 rings (SSSR count). The third-order valence-electron chi connectivity index (χ3n) is 2.27. The summed E-state index contributed by atoms with van der Waals surface area (Å²) in [7, 11) is 0. The van der Waals surface area contributed by atoms with Crippen molar-refractivity contribution in [3.05, 3.63) is 29.8 Å². The van der Waals surface area contributed by atoms with Gasteiger partial charge >= 0.3 is 12.3 Å². The molecule has 0 aliphatic carbocycles. The van der Waals surface area contributed by atoms with Crippen LogP contribution < -0.4 is 10.5 Å². The Morgan fingerprint density at radius 2 is 1.89 bits per heavy atom. The molecular weight excluding hydrogens is 251 g/mol. The number of aliphatic carboxylic acids is 1. The van der Waals surface area contributed by atoms with Crippen molar-refractivity contribution in [2.24, 2.45) is 11.7 Å². The first-order valence-electron chi connectivity index (χ1n) is 5.09. The number of carbonyl (C=O) groups is 1. The smallest absolute Gasteiger partial charge is 0.481 e. The van der Waals surface area contributed by atoms with Crippen molar-refractivity contribution in [3.8, 4) is 5.75 Å². The summed E-state index contributed by atoms with van der Waals surface area (Å²) >= 11 is 0. The quantitative estimate of drug-likeness (QED) is 0.849. The number of ether oxygens (including phenoxy) is 1. The van der Waals surface area contributed by atoms with E-state index in [1.54, 1.807) is 0 Å². The molecule has 0 aliphatic rings. The van der Waals surface area contributed by atoms with Crippen LogP contribution in [-0.2, 0) is 11.2 Å². The maximum absolute atomic E-state index is 11.9. The third kappa shape index (κ3) is 4.62. The van der Waals surface area contributed by atoms with Crippen molar-refractivity contribution in [2.45, 2.75) is 12.8 Å². The van der Waals surface area contributed by atoms with E-state index in [0.717, 1.165) is 12.1 Å². The topological polar surface area (TPSA) is 72.5 Å².